The van der Waals surface area contributed by atoms with Crippen LogP contribution in [0.15, 0.2) is 58.1 Å². The minimum Gasteiger partial charge on any atom is -0.278 e. The molecule has 3 heteroatoms. The summed E-state index contributed by atoms with van der Waals surface area (Å²) in [5.41, 5.74) is 6.41. The van der Waals surface area contributed by atoms with Crippen LogP contribution in [-0.4, -0.2) is 6.21 Å². The van der Waals surface area contributed by atoms with Gasteiger partial charge in [0.1, 0.15) is 0 Å². The number of nitrogens with zero attached hydrogens (tertiary/aromatic N) is 1. The first-order valence-electron chi connectivity index (χ1n) is 6.30. The molecule has 0 bridgehead atoms. The van der Waals surface area contributed by atoms with Crippen molar-refractivity contribution >= 4 is 27.8 Å². The van der Waals surface area contributed by atoms with Crippen molar-refractivity contribution in [3.05, 3.63) is 64.1 Å². The molecule has 0 saturated heterocycles. The first kappa shape index (κ1) is 13.8. The number of hydrogen-bond donors (Lipinski definition) is 1. The molecule has 2 rings (SSSR count). The van der Waals surface area contributed by atoms with Gasteiger partial charge < -0.3 is 0 Å². The molecule has 0 fully saturated rings. The minimum absolute atomic E-state index is 0.561. The second-order valence-electron chi connectivity index (χ2n) is 4.70. The molecule has 0 aliphatic rings. The van der Waals surface area contributed by atoms with E-state index in [4.69, 9.17) is 0 Å². The maximum atomic E-state index is 4.23. The molecule has 0 atom stereocenters. The fourth-order valence-corrected chi connectivity index (χ4v) is 2.11. The number of nitrogens with one attached hydrogen (secondary N) is 1. The summed E-state index contributed by atoms with van der Waals surface area (Å²) in [6.45, 7) is 4.38. The van der Waals surface area contributed by atoms with Gasteiger partial charge in [-0.1, -0.05) is 60.1 Å². The fourth-order valence-electron chi connectivity index (χ4n) is 1.71. The molecular formula is C16H17BrN2. The molecule has 0 amide bonds. The van der Waals surface area contributed by atoms with Crippen LogP contribution >= 0.6 is 15.9 Å². The third-order valence-corrected chi connectivity index (χ3v) is 3.33. The molecule has 2 nitrogen and oxygen atoms in total. The van der Waals surface area contributed by atoms with E-state index in [2.05, 4.69) is 64.6 Å². The lowest BCUT2D eigenvalue weighted by Crippen LogP contribution is -1.91. The lowest BCUT2D eigenvalue weighted by molar-refractivity contribution is 0.866. The minimum atomic E-state index is 0.561. The van der Waals surface area contributed by atoms with Gasteiger partial charge in [-0.05, 0) is 35.2 Å². The van der Waals surface area contributed by atoms with Crippen molar-refractivity contribution in [2.75, 3.05) is 5.43 Å². The predicted molar refractivity (Wildman–Crippen MR) is 85.9 cm³/mol. The van der Waals surface area contributed by atoms with Gasteiger partial charge in [-0.25, -0.2) is 0 Å². The summed E-state index contributed by atoms with van der Waals surface area (Å²) in [5, 5.41) is 4.23. The van der Waals surface area contributed by atoms with Gasteiger partial charge in [0.05, 0.1) is 11.9 Å². The van der Waals surface area contributed by atoms with E-state index >= 15 is 0 Å². The second-order valence-corrected chi connectivity index (χ2v) is 5.62. The van der Waals surface area contributed by atoms with Gasteiger partial charge >= 0.3 is 0 Å². The molecule has 1 N–H and O–H groups in total. The summed E-state index contributed by atoms with van der Waals surface area (Å²) in [6, 6.07) is 16.4. The molecule has 19 heavy (non-hydrogen) atoms. The third-order valence-electron chi connectivity index (χ3n) is 2.84. The summed E-state index contributed by atoms with van der Waals surface area (Å²) in [4.78, 5) is 0. The fraction of sp³-hybridized carbons (Fsp3) is 0.188. The SMILES string of the molecule is CC(C)c1ccc(C=NNc2cccc(Br)c2)cc1. The molecule has 0 saturated carbocycles. The van der Waals surface area contributed by atoms with Crippen LogP contribution < -0.4 is 5.43 Å². The highest BCUT2D eigenvalue weighted by atomic mass is 79.9. The van der Waals surface area contributed by atoms with Crippen LogP contribution in [0.2, 0.25) is 0 Å². The van der Waals surface area contributed by atoms with E-state index in [1.54, 1.807) is 0 Å². The van der Waals surface area contributed by atoms with Crippen molar-refractivity contribution in [3.63, 3.8) is 0 Å². The van der Waals surface area contributed by atoms with Crippen LogP contribution in [0.4, 0.5) is 5.69 Å². The first-order chi connectivity index (χ1) is 9.15. The zero-order chi connectivity index (χ0) is 13.7. The Morgan fingerprint density at radius 1 is 1.11 bits per heavy atom. The van der Waals surface area contributed by atoms with E-state index in [0.717, 1.165) is 15.7 Å². The Kier molecular flexibility index (Phi) is 4.74. The number of hydrogen-bond acceptors (Lipinski definition) is 2. The number of halogens is 1. The Labute approximate surface area is 122 Å². The Bertz CT molecular complexity index is 559. The Hall–Kier alpha value is -1.61. The van der Waals surface area contributed by atoms with E-state index < -0.39 is 0 Å². The number of hydrazone groups is 1. The summed E-state index contributed by atoms with van der Waals surface area (Å²) in [5.74, 6) is 0.561. The van der Waals surface area contributed by atoms with Crippen LogP contribution in [0.3, 0.4) is 0 Å². The summed E-state index contributed by atoms with van der Waals surface area (Å²) in [7, 11) is 0. The highest BCUT2D eigenvalue weighted by molar-refractivity contribution is 9.10. The molecular weight excluding hydrogens is 300 g/mol. The van der Waals surface area contributed by atoms with Crippen LogP contribution in [0.5, 0.6) is 0 Å². The second kappa shape index (κ2) is 6.53. The molecule has 0 heterocycles. The van der Waals surface area contributed by atoms with Crippen molar-refractivity contribution < 1.29 is 0 Å². The highest BCUT2D eigenvalue weighted by Gasteiger charge is 1.97. The lowest BCUT2D eigenvalue weighted by atomic mass is 10.0. The normalized spacial score (nSPS) is 11.2. The average molecular weight is 317 g/mol. The van der Waals surface area contributed by atoms with E-state index in [0.29, 0.717) is 5.92 Å². The van der Waals surface area contributed by atoms with Gasteiger partial charge in [0.2, 0.25) is 0 Å². The molecule has 0 unspecified atom stereocenters. The smallest absolute Gasteiger partial charge is 0.0573 e. The summed E-state index contributed by atoms with van der Waals surface area (Å²) in [6.07, 6.45) is 1.82. The van der Waals surface area contributed by atoms with Gasteiger partial charge in [0.15, 0.2) is 0 Å². The molecule has 0 aliphatic carbocycles. The molecule has 98 valence electrons. The number of anilines is 1. The molecule has 0 aromatic heterocycles. The van der Waals surface area contributed by atoms with Gasteiger partial charge in [-0.3, -0.25) is 5.43 Å². The van der Waals surface area contributed by atoms with Gasteiger partial charge in [0.25, 0.3) is 0 Å². The van der Waals surface area contributed by atoms with Crippen LogP contribution in [0, 0.1) is 0 Å². The molecule has 0 aliphatic heterocycles. The zero-order valence-electron chi connectivity index (χ0n) is 11.1. The summed E-state index contributed by atoms with van der Waals surface area (Å²) >= 11 is 3.43. The Morgan fingerprint density at radius 2 is 1.84 bits per heavy atom. The van der Waals surface area contributed by atoms with E-state index in [9.17, 15) is 0 Å². The number of rotatable bonds is 4. The predicted octanol–water partition coefficient (Wildman–Crippen LogP) is 5.02. The van der Waals surface area contributed by atoms with Crippen LogP contribution in [0.25, 0.3) is 0 Å². The van der Waals surface area contributed by atoms with E-state index in [-0.39, 0.29) is 0 Å². The highest BCUT2D eigenvalue weighted by Crippen LogP contribution is 2.16. The largest absolute Gasteiger partial charge is 0.278 e. The molecule has 2 aromatic rings. The topological polar surface area (TPSA) is 24.4 Å². The van der Waals surface area contributed by atoms with Crippen molar-refractivity contribution in [1.82, 2.24) is 0 Å². The quantitative estimate of drug-likeness (QED) is 0.621. The number of benzene rings is 2. The van der Waals surface area contributed by atoms with Crippen LogP contribution in [-0.2, 0) is 0 Å². The van der Waals surface area contributed by atoms with Gasteiger partial charge in [-0.2, -0.15) is 5.10 Å². The van der Waals surface area contributed by atoms with Crippen molar-refractivity contribution in [2.24, 2.45) is 5.10 Å². The standard InChI is InChI=1S/C16H17BrN2/c1-12(2)14-8-6-13(7-9-14)11-18-19-16-5-3-4-15(17)10-16/h3-12,19H,1-2H3. The first-order valence-corrected chi connectivity index (χ1v) is 7.09. The molecule has 0 spiro atoms. The molecule has 0 radical (unpaired) electrons. The van der Waals surface area contributed by atoms with E-state index in [1.165, 1.54) is 5.56 Å². The van der Waals surface area contributed by atoms with Gasteiger partial charge in [0, 0.05) is 4.47 Å². The molecule has 2 aromatic carbocycles. The monoisotopic (exact) mass is 316 g/mol. The maximum Gasteiger partial charge on any atom is 0.0573 e. The summed E-state index contributed by atoms with van der Waals surface area (Å²) < 4.78 is 1.04. The van der Waals surface area contributed by atoms with E-state index in [1.807, 2.05) is 30.5 Å². The zero-order valence-corrected chi connectivity index (χ0v) is 12.7. The lowest BCUT2D eigenvalue weighted by Gasteiger charge is -2.04. The maximum absolute atomic E-state index is 4.23. The Morgan fingerprint density at radius 3 is 2.47 bits per heavy atom. The van der Waals surface area contributed by atoms with Crippen molar-refractivity contribution in [2.45, 2.75) is 19.8 Å². The van der Waals surface area contributed by atoms with Gasteiger partial charge in [-0.15, -0.1) is 0 Å². The third kappa shape index (κ3) is 4.21. The van der Waals surface area contributed by atoms with Crippen molar-refractivity contribution in [3.8, 4) is 0 Å². The van der Waals surface area contributed by atoms with Crippen LogP contribution in [0.1, 0.15) is 30.9 Å². The van der Waals surface area contributed by atoms with Crippen molar-refractivity contribution in [1.29, 1.82) is 0 Å². The Balaban J connectivity index is 1.99. The average Bonchev–Trinajstić information content (AvgIpc) is 2.39.